The number of aromatic nitrogens is 2. The van der Waals surface area contributed by atoms with Gasteiger partial charge in [-0.05, 0) is 44.0 Å². The molecule has 7 heteroatoms. The second kappa shape index (κ2) is 8.25. The van der Waals surface area contributed by atoms with E-state index < -0.39 is 5.54 Å². The number of aryl methyl sites for hydroxylation is 1. The van der Waals surface area contributed by atoms with Gasteiger partial charge in [-0.1, -0.05) is 24.6 Å². The standard InChI is InChI=1S/C18H24N4OS.ClH/c1-18(19)10-4-3-5-15(18)16(23)21-13-6-8-14(9-7-13)24-17-20-11-12-22(17)2;/h6-9,11-12,15H,3-5,10,19H2,1-2H3,(H,21,23);1H. The molecule has 3 rings (SSSR count). The zero-order chi connectivity index (χ0) is 17.2. The second-order valence-corrected chi connectivity index (χ2v) is 7.78. The second-order valence-electron chi connectivity index (χ2n) is 6.74. The molecule has 0 aliphatic heterocycles. The summed E-state index contributed by atoms with van der Waals surface area (Å²) in [5, 5.41) is 3.95. The van der Waals surface area contributed by atoms with Crippen molar-refractivity contribution in [2.75, 3.05) is 5.32 Å². The number of carbonyl (C=O) groups excluding carboxylic acids is 1. The molecule has 1 aromatic carbocycles. The molecule has 1 saturated carbocycles. The van der Waals surface area contributed by atoms with Gasteiger partial charge >= 0.3 is 0 Å². The zero-order valence-electron chi connectivity index (χ0n) is 14.6. The van der Waals surface area contributed by atoms with E-state index in [2.05, 4.69) is 10.3 Å². The Morgan fingerprint density at radius 3 is 2.68 bits per heavy atom. The number of nitrogens with zero attached hydrogens (tertiary/aromatic N) is 2. The molecule has 0 spiro atoms. The van der Waals surface area contributed by atoms with Crippen molar-refractivity contribution in [3.63, 3.8) is 0 Å². The third-order valence-electron chi connectivity index (χ3n) is 4.68. The first-order valence-electron chi connectivity index (χ1n) is 8.31. The predicted molar refractivity (Wildman–Crippen MR) is 104 cm³/mol. The van der Waals surface area contributed by atoms with Crippen LogP contribution in [0.2, 0.25) is 0 Å². The maximum absolute atomic E-state index is 12.6. The molecule has 2 aromatic rings. The van der Waals surface area contributed by atoms with Gasteiger partial charge in [-0.2, -0.15) is 0 Å². The molecule has 1 fully saturated rings. The van der Waals surface area contributed by atoms with Crippen molar-refractivity contribution < 1.29 is 4.79 Å². The number of hydrogen-bond donors (Lipinski definition) is 2. The van der Waals surface area contributed by atoms with Crippen LogP contribution in [0, 0.1) is 5.92 Å². The van der Waals surface area contributed by atoms with Gasteiger partial charge in [0.25, 0.3) is 0 Å². The van der Waals surface area contributed by atoms with Crippen LogP contribution in [-0.2, 0) is 11.8 Å². The van der Waals surface area contributed by atoms with E-state index >= 15 is 0 Å². The number of rotatable bonds is 4. The minimum absolute atomic E-state index is 0. The van der Waals surface area contributed by atoms with Gasteiger partial charge in [-0.15, -0.1) is 12.4 Å². The van der Waals surface area contributed by atoms with Gasteiger partial charge < -0.3 is 15.6 Å². The van der Waals surface area contributed by atoms with E-state index in [-0.39, 0.29) is 24.2 Å². The highest BCUT2D eigenvalue weighted by molar-refractivity contribution is 7.99. The smallest absolute Gasteiger partial charge is 0.229 e. The van der Waals surface area contributed by atoms with Crippen LogP contribution in [0.25, 0.3) is 0 Å². The lowest BCUT2D eigenvalue weighted by Gasteiger charge is -2.37. The Balaban J connectivity index is 0.00000225. The third kappa shape index (κ3) is 4.77. The number of anilines is 1. The lowest BCUT2D eigenvalue weighted by molar-refractivity contribution is -0.122. The fourth-order valence-corrected chi connectivity index (χ4v) is 3.98. The highest BCUT2D eigenvalue weighted by Gasteiger charge is 2.37. The van der Waals surface area contributed by atoms with Crippen molar-refractivity contribution in [2.45, 2.75) is 48.2 Å². The average molecular weight is 381 g/mol. The molecule has 1 heterocycles. The van der Waals surface area contributed by atoms with Crippen molar-refractivity contribution in [3.05, 3.63) is 36.7 Å². The normalized spacial score (nSPS) is 22.9. The average Bonchev–Trinajstić information content (AvgIpc) is 2.94. The lowest BCUT2D eigenvalue weighted by Crippen LogP contribution is -2.51. The molecule has 1 aromatic heterocycles. The molecular formula is C18H25ClN4OS. The van der Waals surface area contributed by atoms with E-state index in [1.54, 1.807) is 18.0 Å². The maximum Gasteiger partial charge on any atom is 0.229 e. The minimum atomic E-state index is -0.406. The zero-order valence-corrected chi connectivity index (χ0v) is 16.2. The molecule has 25 heavy (non-hydrogen) atoms. The Hall–Kier alpha value is -1.50. The van der Waals surface area contributed by atoms with Crippen LogP contribution in [-0.4, -0.2) is 21.0 Å². The SMILES string of the molecule is Cl.Cn1ccnc1Sc1ccc(NC(=O)C2CCCCC2(C)N)cc1. The van der Waals surface area contributed by atoms with Crippen molar-refractivity contribution in [1.82, 2.24) is 9.55 Å². The lowest BCUT2D eigenvalue weighted by atomic mass is 9.74. The van der Waals surface area contributed by atoms with E-state index in [1.807, 2.05) is 49.0 Å². The number of nitrogens with two attached hydrogens (primary N) is 1. The fourth-order valence-electron chi connectivity index (χ4n) is 3.18. The van der Waals surface area contributed by atoms with Gasteiger partial charge in [-0.3, -0.25) is 4.79 Å². The molecule has 2 unspecified atom stereocenters. The molecule has 5 nitrogen and oxygen atoms in total. The number of halogens is 1. The summed E-state index contributed by atoms with van der Waals surface area (Å²) in [5.74, 6) is -0.0860. The molecule has 0 bridgehead atoms. The molecule has 1 aliphatic rings. The molecule has 1 aliphatic carbocycles. The molecular weight excluding hydrogens is 356 g/mol. The van der Waals surface area contributed by atoms with Gasteiger partial charge in [0.15, 0.2) is 5.16 Å². The summed E-state index contributed by atoms with van der Waals surface area (Å²) in [6.45, 7) is 1.99. The summed E-state index contributed by atoms with van der Waals surface area (Å²) in [6, 6.07) is 7.86. The number of imidazole rings is 1. The van der Waals surface area contributed by atoms with Crippen LogP contribution in [0.4, 0.5) is 5.69 Å². The van der Waals surface area contributed by atoms with Crippen LogP contribution in [0.5, 0.6) is 0 Å². The van der Waals surface area contributed by atoms with E-state index in [0.29, 0.717) is 0 Å². The van der Waals surface area contributed by atoms with Crippen LogP contribution in [0.15, 0.2) is 46.7 Å². The van der Waals surface area contributed by atoms with E-state index in [9.17, 15) is 4.79 Å². The number of carbonyl (C=O) groups is 1. The molecule has 2 atom stereocenters. The Bertz CT molecular complexity index is 714. The summed E-state index contributed by atoms with van der Waals surface area (Å²) in [5.41, 5.74) is 6.72. The van der Waals surface area contributed by atoms with E-state index in [1.165, 1.54) is 0 Å². The van der Waals surface area contributed by atoms with E-state index in [0.717, 1.165) is 41.4 Å². The van der Waals surface area contributed by atoms with Crippen LogP contribution >= 0.6 is 24.2 Å². The van der Waals surface area contributed by atoms with Crippen molar-refractivity contribution in [2.24, 2.45) is 18.7 Å². The number of nitrogens with one attached hydrogen (secondary N) is 1. The van der Waals surface area contributed by atoms with Crippen molar-refractivity contribution in [1.29, 1.82) is 0 Å². The number of amides is 1. The quantitative estimate of drug-likeness (QED) is 0.845. The summed E-state index contributed by atoms with van der Waals surface area (Å²) in [4.78, 5) is 17.9. The predicted octanol–water partition coefficient (Wildman–Crippen LogP) is 3.84. The van der Waals surface area contributed by atoms with Gasteiger partial charge in [0, 0.05) is 35.6 Å². The Morgan fingerprint density at radius 1 is 1.36 bits per heavy atom. The summed E-state index contributed by atoms with van der Waals surface area (Å²) >= 11 is 1.60. The highest BCUT2D eigenvalue weighted by Crippen LogP contribution is 2.33. The summed E-state index contributed by atoms with van der Waals surface area (Å²) in [6.07, 6.45) is 7.66. The Kier molecular flexibility index (Phi) is 6.54. The summed E-state index contributed by atoms with van der Waals surface area (Å²) in [7, 11) is 1.97. The number of hydrogen-bond acceptors (Lipinski definition) is 4. The first kappa shape index (κ1) is 19.8. The first-order chi connectivity index (χ1) is 11.5. The highest BCUT2D eigenvalue weighted by atomic mass is 35.5. The summed E-state index contributed by atoms with van der Waals surface area (Å²) < 4.78 is 1.98. The Labute approximate surface area is 159 Å². The number of benzene rings is 1. The Morgan fingerprint density at radius 2 is 2.08 bits per heavy atom. The topological polar surface area (TPSA) is 72.9 Å². The van der Waals surface area contributed by atoms with Crippen molar-refractivity contribution >= 4 is 35.8 Å². The maximum atomic E-state index is 12.6. The van der Waals surface area contributed by atoms with Gasteiger partial charge in [0.05, 0.1) is 5.92 Å². The monoisotopic (exact) mass is 380 g/mol. The van der Waals surface area contributed by atoms with Crippen molar-refractivity contribution in [3.8, 4) is 0 Å². The van der Waals surface area contributed by atoms with Crippen LogP contribution in [0.1, 0.15) is 32.6 Å². The largest absolute Gasteiger partial charge is 0.329 e. The first-order valence-corrected chi connectivity index (χ1v) is 9.12. The third-order valence-corrected chi connectivity index (χ3v) is 5.76. The van der Waals surface area contributed by atoms with Gasteiger partial charge in [-0.25, -0.2) is 4.98 Å². The van der Waals surface area contributed by atoms with Gasteiger partial charge in [0.1, 0.15) is 0 Å². The molecule has 0 radical (unpaired) electrons. The van der Waals surface area contributed by atoms with E-state index in [4.69, 9.17) is 5.73 Å². The minimum Gasteiger partial charge on any atom is -0.329 e. The molecule has 3 N–H and O–H groups in total. The van der Waals surface area contributed by atoms with Gasteiger partial charge in [0.2, 0.25) is 5.91 Å². The van der Waals surface area contributed by atoms with Crippen LogP contribution in [0.3, 0.4) is 0 Å². The molecule has 0 saturated heterocycles. The molecule has 136 valence electrons. The molecule has 1 amide bonds. The fraction of sp³-hybridized carbons (Fsp3) is 0.444. The van der Waals surface area contributed by atoms with Crippen LogP contribution < -0.4 is 11.1 Å².